The lowest BCUT2D eigenvalue weighted by molar-refractivity contribution is -0.130. The fourth-order valence-electron chi connectivity index (χ4n) is 5.76. The summed E-state index contributed by atoms with van der Waals surface area (Å²) >= 11 is 5.62. The molecule has 0 radical (unpaired) electrons. The van der Waals surface area contributed by atoms with Crippen LogP contribution in [-0.4, -0.2) is 69.8 Å². The zero-order valence-corrected chi connectivity index (χ0v) is 38.4. The van der Waals surface area contributed by atoms with Crippen molar-refractivity contribution in [1.82, 2.24) is 29.9 Å². The molecule has 2 aliphatic heterocycles. The molecule has 2 amide bonds. The first-order valence-electron chi connectivity index (χ1n) is 19.3. The van der Waals surface area contributed by atoms with Crippen LogP contribution < -0.4 is 52.1 Å². The number of anilines is 9. The van der Waals surface area contributed by atoms with Crippen LogP contribution in [0.15, 0.2) is 82.8 Å². The van der Waals surface area contributed by atoms with E-state index in [4.69, 9.17) is 37.1 Å². The van der Waals surface area contributed by atoms with Gasteiger partial charge in [-0.15, -0.1) is 0 Å². The largest absolute Gasteiger partial charge is 0.474 e. The topological polar surface area (TPSA) is 336 Å². The predicted octanol–water partition coefficient (Wildman–Crippen LogP) is 6.58. The van der Waals surface area contributed by atoms with Crippen molar-refractivity contribution in [1.29, 1.82) is 0 Å². The SMILES string of the molecule is C.C.CC1(C)Oc2ccc(Nc3nc(Cl)ncc3F)nc2NC1=O.Cc1ccc(N)cc1S(N)(=O)=O.Cc1ccc(Nc2ncc(F)c(Nc3ccc4c(n3)NC(=O)C(C)(C)O4)n2)cc1S(N)(=O)=O. The second-order valence-electron chi connectivity index (χ2n) is 15.4. The maximum absolute atomic E-state index is 14.3. The Morgan fingerprint density at radius 1 is 0.638 bits per heavy atom. The number of ether oxygens (including phenoxy) is 2. The number of nitrogen functional groups attached to an aromatic ring is 1. The van der Waals surface area contributed by atoms with Gasteiger partial charge in [-0.25, -0.2) is 55.8 Å². The third-order valence-corrected chi connectivity index (χ3v) is 11.5. The number of pyridine rings is 2. The lowest BCUT2D eigenvalue weighted by atomic mass is 10.1. The van der Waals surface area contributed by atoms with Crippen molar-refractivity contribution in [2.45, 2.75) is 77.4 Å². The monoisotopic (exact) mass is 1010 g/mol. The van der Waals surface area contributed by atoms with Gasteiger partial charge < -0.3 is 41.8 Å². The molecular weight excluding hydrogens is 966 g/mol. The number of halogens is 3. The van der Waals surface area contributed by atoms with E-state index in [0.717, 1.165) is 12.4 Å². The molecule has 6 heterocycles. The molecule has 6 aromatic rings. The highest BCUT2D eigenvalue weighted by Gasteiger charge is 2.37. The summed E-state index contributed by atoms with van der Waals surface area (Å²) in [7, 11) is -7.56. The zero-order chi connectivity index (χ0) is 49.2. The molecule has 8 rings (SSSR count). The highest BCUT2D eigenvalue weighted by molar-refractivity contribution is 7.89. The van der Waals surface area contributed by atoms with E-state index in [-0.39, 0.29) is 82.6 Å². The average Bonchev–Trinajstić information content (AvgIpc) is 3.23. The Hall–Kier alpha value is -7.39. The summed E-state index contributed by atoms with van der Waals surface area (Å²) in [6.45, 7) is 9.83. The molecule has 0 aliphatic carbocycles. The van der Waals surface area contributed by atoms with Crippen molar-refractivity contribution < 1.29 is 44.7 Å². The molecule has 2 aliphatic rings. The van der Waals surface area contributed by atoms with E-state index in [0.29, 0.717) is 34.0 Å². The minimum absolute atomic E-state index is 0. The summed E-state index contributed by atoms with van der Waals surface area (Å²) in [5.74, 6) is -0.710. The fraction of sp³-hybridized carbons (Fsp3) is 0.238. The summed E-state index contributed by atoms with van der Waals surface area (Å²) in [5, 5.41) is 23.6. The van der Waals surface area contributed by atoms with Gasteiger partial charge in [-0.1, -0.05) is 27.0 Å². The molecule has 22 nitrogen and oxygen atoms in total. The lowest BCUT2D eigenvalue weighted by Crippen LogP contribution is -2.46. The maximum atomic E-state index is 14.3. The molecule has 0 saturated carbocycles. The standard InChI is InChI=1S/C20H20FN7O4S.C13H11ClFN5O2.C7H10N2O2S.2CH4/c1-10-4-5-11(8-14(10)33(22,30)31)24-19-23-9-12(21)16(28-19)25-15-7-6-13-17(26-15)27-18(29)20(2,3)32-13;1-13(2)11(21)19-10-7(22-13)3-4-8(18-10)17-9-6(15)5-16-12(14)20-9;1-5-2-3-6(8)4-7(5)12(9,10)11;;/h4-9H,1-3H3,(H2,22,30,31)(H3,23,24,25,26,27,28,29);3-5H,1-2H3,(H2,16,17,18,19,20,21);2-4H,8H2,1H3,(H2,9,10,11);2*1H4. The van der Waals surface area contributed by atoms with Gasteiger partial charge in [0.2, 0.25) is 31.3 Å². The molecule has 4 aromatic heterocycles. The van der Waals surface area contributed by atoms with Crippen molar-refractivity contribution in [3.63, 3.8) is 0 Å². The molecule has 368 valence electrons. The van der Waals surface area contributed by atoms with Crippen LogP contribution in [0.3, 0.4) is 0 Å². The van der Waals surface area contributed by atoms with Gasteiger partial charge in [-0.3, -0.25) is 9.59 Å². The number of nitrogens with two attached hydrogens (primary N) is 3. The van der Waals surface area contributed by atoms with Crippen LogP contribution in [0.2, 0.25) is 5.28 Å². The van der Waals surface area contributed by atoms with E-state index in [1.807, 2.05) is 0 Å². The van der Waals surface area contributed by atoms with Gasteiger partial charge in [0.15, 0.2) is 57.6 Å². The van der Waals surface area contributed by atoms with Gasteiger partial charge in [-0.05, 0) is 113 Å². The number of amides is 2. The zero-order valence-electron chi connectivity index (χ0n) is 36.1. The maximum Gasteiger partial charge on any atom is 0.269 e. The molecule has 0 unspecified atom stereocenters. The van der Waals surface area contributed by atoms with Gasteiger partial charge in [-0.2, -0.15) is 9.97 Å². The van der Waals surface area contributed by atoms with Crippen LogP contribution in [0.25, 0.3) is 0 Å². The number of rotatable bonds is 8. The lowest BCUT2D eigenvalue weighted by Gasteiger charge is -2.30. The molecule has 0 fully saturated rings. The number of carbonyl (C=O) groups is 2. The molecule has 11 N–H and O–H groups in total. The number of hydrogen-bond donors (Lipinski definition) is 8. The smallest absolute Gasteiger partial charge is 0.269 e. The van der Waals surface area contributed by atoms with Gasteiger partial charge >= 0.3 is 0 Å². The minimum atomic E-state index is -3.92. The van der Waals surface area contributed by atoms with Gasteiger partial charge in [0.25, 0.3) is 11.8 Å². The van der Waals surface area contributed by atoms with Crippen LogP contribution in [0, 0.1) is 25.5 Å². The number of aryl methyl sites for hydroxylation is 2. The number of sulfonamides is 2. The van der Waals surface area contributed by atoms with Gasteiger partial charge in [0.05, 0.1) is 22.2 Å². The molecule has 0 spiro atoms. The van der Waals surface area contributed by atoms with Crippen molar-refractivity contribution in [3.8, 4) is 11.5 Å². The number of aromatic nitrogens is 6. The quantitative estimate of drug-likeness (QED) is 0.0589. The highest BCUT2D eigenvalue weighted by Crippen LogP contribution is 2.35. The number of fused-ring (bicyclic) bond motifs is 2. The Morgan fingerprint density at radius 3 is 1.57 bits per heavy atom. The molecule has 2 aromatic carbocycles. The minimum Gasteiger partial charge on any atom is -0.474 e. The molecule has 0 saturated heterocycles. The Bertz CT molecular complexity index is 3170. The Labute approximate surface area is 401 Å². The second kappa shape index (κ2) is 20.9. The number of nitrogens with zero attached hydrogens (tertiary/aromatic N) is 6. The number of benzene rings is 2. The third kappa shape index (κ3) is 13.4. The molecular formula is C42H49ClF2N14O8S2. The third-order valence-electron chi connectivity index (χ3n) is 9.23. The van der Waals surface area contributed by atoms with Crippen LogP contribution in [0.5, 0.6) is 11.5 Å². The van der Waals surface area contributed by atoms with Crippen LogP contribution in [0.4, 0.5) is 61.0 Å². The molecule has 0 atom stereocenters. The highest BCUT2D eigenvalue weighted by atomic mass is 35.5. The fourth-order valence-corrected chi connectivity index (χ4v) is 7.52. The van der Waals surface area contributed by atoms with Crippen molar-refractivity contribution in [3.05, 3.63) is 101 Å². The Morgan fingerprint density at radius 2 is 1.09 bits per heavy atom. The number of hydrogen-bond acceptors (Lipinski definition) is 18. The summed E-state index contributed by atoms with van der Waals surface area (Å²) < 4.78 is 84.4. The molecule has 27 heteroatoms. The van der Waals surface area contributed by atoms with E-state index in [1.54, 1.807) is 90.1 Å². The van der Waals surface area contributed by atoms with Crippen LogP contribution >= 0.6 is 11.6 Å². The number of primary sulfonamides is 2. The average molecular weight is 1020 g/mol. The molecule has 69 heavy (non-hydrogen) atoms. The van der Waals surface area contributed by atoms with E-state index < -0.39 is 42.9 Å². The Balaban J connectivity index is 0.000000248. The van der Waals surface area contributed by atoms with Crippen molar-refractivity contribution >= 4 is 95.7 Å². The summed E-state index contributed by atoms with van der Waals surface area (Å²) in [6, 6.07) is 15.4. The van der Waals surface area contributed by atoms with Gasteiger partial charge in [0, 0.05) is 11.4 Å². The van der Waals surface area contributed by atoms with Crippen molar-refractivity contribution in [2.24, 2.45) is 10.3 Å². The first kappa shape index (κ1) is 54.2. The van der Waals surface area contributed by atoms with Crippen LogP contribution in [0.1, 0.15) is 53.7 Å². The van der Waals surface area contributed by atoms with Crippen LogP contribution in [-0.2, 0) is 29.6 Å². The number of carbonyl (C=O) groups excluding carboxylic acids is 2. The summed E-state index contributed by atoms with van der Waals surface area (Å²) in [5.41, 5.74) is 5.20. The first-order valence-corrected chi connectivity index (χ1v) is 22.7. The Kier molecular flexibility index (Phi) is 16.4. The van der Waals surface area contributed by atoms with Gasteiger partial charge in [0.1, 0.15) is 11.6 Å². The van der Waals surface area contributed by atoms with E-state index in [9.17, 15) is 35.2 Å². The second-order valence-corrected chi connectivity index (χ2v) is 18.8. The summed E-state index contributed by atoms with van der Waals surface area (Å²) in [4.78, 5) is 47.6. The normalized spacial score (nSPS) is 14.0. The van der Waals surface area contributed by atoms with E-state index in [2.05, 4.69) is 56.5 Å². The number of nitrogens with one attached hydrogen (secondary N) is 5. The van der Waals surface area contributed by atoms with E-state index >= 15 is 0 Å². The summed E-state index contributed by atoms with van der Waals surface area (Å²) in [6.07, 6.45) is 1.89. The van der Waals surface area contributed by atoms with E-state index in [1.165, 1.54) is 12.1 Å². The first-order chi connectivity index (χ1) is 31.2. The van der Waals surface area contributed by atoms with Crippen molar-refractivity contribution in [2.75, 3.05) is 32.3 Å². The molecule has 0 bridgehead atoms. The predicted molar refractivity (Wildman–Crippen MR) is 257 cm³/mol.